The maximum Gasteiger partial charge on any atom is 0.224 e. The van der Waals surface area contributed by atoms with Crippen molar-refractivity contribution in [3.05, 3.63) is 173 Å². The number of anilines is 1. The maximum atomic E-state index is 6.94. The van der Waals surface area contributed by atoms with Crippen LogP contribution in [0, 0.1) is 0 Å². The number of rotatable bonds is 14. The fourth-order valence-electron chi connectivity index (χ4n) is 6.50. The Morgan fingerprint density at radius 3 is 1.92 bits per heavy atom. The van der Waals surface area contributed by atoms with Crippen LogP contribution in [-0.4, -0.2) is 34.4 Å². The zero-order valence-electron chi connectivity index (χ0n) is 28.0. The molecule has 2 heterocycles. The monoisotopic (exact) mass is 685 g/mol. The van der Waals surface area contributed by atoms with Crippen LogP contribution in [0.4, 0.5) is 5.82 Å². The largest absolute Gasteiger partial charge is 0.374 e. The van der Waals surface area contributed by atoms with Crippen molar-refractivity contribution in [2.24, 2.45) is 0 Å². The van der Waals surface area contributed by atoms with Crippen LogP contribution in [0.3, 0.4) is 0 Å². The van der Waals surface area contributed by atoms with Crippen molar-refractivity contribution < 1.29 is 18.9 Å². The van der Waals surface area contributed by atoms with Gasteiger partial charge in [0.2, 0.25) is 5.28 Å². The van der Waals surface area contributed by atoms with E-state index in [2.05, 4.69) is 76.8 Å². The Balaban J connectivity index is 1.21. The van der Waals surface area contributed by atoms with E-state index in [1.54, 1.807) is 0 Å². The van der Waals surface area contributed by atoms with Crippen LogP contribution in [0.15, 0.2) is 140 Å². The first-order valence-electron chi connectivity index (χ1n) is 16.9. The Labute approximate surface area is 298 Å². The summed E-state index contributed by atoms with van der Waals surface area (Å²) >= 11 is 6.49. The number of halogens is 1. The first-order chi connectivity index (χ1) is 24.5. The first-order valence-corrected chi connectivity index (χ1v) is 17.3. The highest BCUT2D eigenvalue weighted by molar-refractivity contribution is 6.28. The van der Waals surface area contributed by atoms with E-state index < -0.39 is 23.9 Å². The average molecular weight is 686 g/mol. The molecule has 0 spiro atoms. The highest BCUT2D eigenvalue weighted by Crippen LogP contribution is 2.47. The third-order valence-electron chi connectivity index (χ3n) is 9.09. The summed E-state index contributed by atoms with van der Waals surface area (Å²) in [6.07, 6.45) is -1.38. The number of ether oxygens (including phenoxy) is 4. The fourth-order valence-corrected chi connectivity index (χ4v) is 6.68. The van der Waals surface area contributed by atoms with Gasteiger partial charge in [-0.2, -0.15) is 0 Å². The smallest absolute Gasteiger partial charge is 0.224 e. The summed E-state index contributed by atoms with van der Waals surface area (Å²) in [6, 6.07) is 46.7. The number of aromatic nitrogens is 2. The van der Waals surface area contributed by atoms with E-state index in [9.17, 15) is 0 Å². The lowest BCUT2D eigenvalue weighted by atomic mass is 9.87. The van der Waals surface area contributed by atoms with E-state index in [1.165, 1.54) is 0 Å². The molecular formula is C42H40ClN3O4. The van der Waals surface area contributed by atoms with Gasteiger partial charge in [-0.25, -0.2) is 9.97 Å². The molecule has 7 nitrogen and oxygen atoms in total. The summed E-state index contributed by atoms with van der Waals surface area (Å²) in [5, 5.41) is 4.47. The maximum absolute atomic E-state index is 6.94. The molecule has 5 aromatic carbocycles. The van der Waals surface area contributed by atoms with Gasteiger partial charge in [0.05, 0.1) is 31.9 Å². The molecule has 1 N–H and O–H groups in total. The van der Waals surface area contributed by atoms with Crippen LogP contribution in [0.1, 0.15) is 40.8 Å². The SMILES string of the molecule is C[C@@]1(OCc2ccccc2)[C@H](OCc2ccccc2)[C@@H](COCc2ccccc2)O[C@H]1c1ccc2c(NCc3ccccc3)nc(Cl)nc2c1. The summed E-state index contributed by atoms with van der Waals surface area (Å²) in [5.41, 5.74) is 5.07. The average Bonchev–Trinajstić information content (AvgIpc) is 3.44. The van der Waals surface area contributed by atoms with Crippen molar-refractivity contribution in [2.45, 2.75) is 57.2 Å². The van der Waals surface area contributed by atoms with Crippen molar-refractivity contribution in [3.8, 4) is 0 Å². The van der Waals surface area contributed by atoms with Crippen LogP contribution in [-0.2, 0) is 45.3 Å². The summed E-state index contributed by atoms with van der Waals surface area (Å²) in [6.45, 7) is 4.25. The fraction of sp³-hybridized carbons (Fsp3) is 0.238. The standard InChI is InChI=1S/C42H40ClN3O4/c1-42(49-28-33-20-12-5-13-21-33)38(34-22-23-35-36(24-34)45-41(43)46-40(35)44-25-30-14-6-2-7-15-30)50-37(29-47-26-31-16-8-3-9-17-31)39(42)48-27-32-18-10-4-11-19-32/h2-24,37-39H,25-29H2,1H3,(H,44,45,46)/t37-,38+,39-,42+/m1/s1. The van der Waals surface area contributed by atoms with Crippen molar-refractivity contribution >= 4 is 28.3 Å². The van der Waals surface area contributed by atoms with E-state index in [0.29, 0.717) is 44.3 Å². The van der Waals surface area contributed by atoms with Gasteiger partial charge >= 0.3 is 0 Å². The molecule has 0 amide bonds. The summed E-state index contributed by atoms with van der Waals surface area (Å²) in [7, 11) is 0. The van der Waals surface area contributed by atoms with Gasteiger partial charge in [-0.05, 0) is 58.5 Å². The van der Waals surface area contributed by atoms with Gasteiger partial charge in [-0.3, -0.25) is 0 Å². The predicted molar refractivity (Wildman–Crippen MR) is 197 cm³/mol. The molecule has 1 aliphatic rings. The molecule has 50 heavy (non-hydrogen) atoms. The number of nitrogens with one attached hydrogen (secondary N) is 1. The Morgan fingerprint density at radius 1 is 0.700 bits per heavy atom. The van der Waals surface area contributed by atoms with Gasteiger partial charge < -0.3 is 24.3 Å². The molecule has 0 radical (unpaired) electrons. The molecule has 7 rings (SSSR count). The number of hydrogen-bond acceptors (Lipinski definition) is 7. The first kappa shape index (κ1) is 33.8. The summed E-state index contributed by atoms with van der Waals surface area (Å²) < 4.78 is 26.9. The molecular weight excluding hydrogens is 646 g/mol. The molecule has 0 bridgehead atoms. The minimum absolute atomic E-state index is 0.164. The second-order valence-corrected chi connectivity index (χ2v) is 13.0. The van der Waals surface area contributed by atoms with Gasteiger partial charge in [0, 0.05) is 11.9 Å². The predicted octanol–water partition coefficient (Wildman–Crippen LogP) is 9.11. The minimum Gasteiger partial charge on any atom is -0.374 e. The van der Waals surface area contributed by atoms with Gasteiger partial charge in [0.25, 0.3) is 0 Å². The van der Waals surface area contributed by atoms with Gasteiger partial charge in [-0.15, -0.1) is 0 Å². The van der Waals surface area contributed by atoms with E-state index in [0.717, 1.165) is 33.2 Å². The minimum atomic E-state index is -0.899. The third-order valence-corrected chi connectivity index (χ3v) is 9.26. The Kier molecular flexibility index (Phi) is 10.8. The number of benzene rings is 5. The van der Waals surface area contributed by atoms with E-state index in [4.69, 9.17) is 30.5 Å². The van der Waals surface area contributed by atoms with Crippen molar-refractivity contribution in [1.82, 2.24) is 9.97 Å². The van der Waals surface area contributed by atoms with E-state index >= 15 is 0 Å². The van der Waals surface area contributed by atoms with Crippen LogP contribution in [0.2, 0.25) is 5.28 Å². The van der Waals surface area contributed by atoms with Crippen LogP contribution in [0.25, 0.3) is 10.9 Å². The van der Waals surface area contributed by atoms with Gasteiger partial charge in [-0.1, -0.05) is 127 Å². The van der Waals surface area contributed by atoms with Crippen LogP contribution >= 0.6 is 11.6 Å². The molecule has 0 unspecified atom stereocenters. The molecule has 1 aliphatic heterocycles. The van der Waals surface area contributed by atoms with Gasteiger partial charge in [0.15, 0.2) is 0 Å². The zero-order valence-corrected chi connectivity index (χ0v) is 28.7. The van der Waals surface area contributed by atoms with Crippen LogP contribution < -0.4 is 5.32 Å². The molecule has 4 atom stereocenters. The number of hydrogen-bond donors (Lipinski definition) is 1. The molecule has 6 aromatic rings. The van der Waals surface area contributed by atoms with Crippen molar-refractivity contribution in [3.63, 3.8) is 0 Å². The second-order valence-electron chi connectivity index (χ2n) is 12.7. The normalized spacial score (nSPS) is 20.2. The summed E-state index contributed by atoms with van der Waals surface area (Å²) in [4.78, 5) is 9.15. The number of fused-ring (bicyclic) bond motifs is 1. The molecule has 254 valence electrons. The molecule has 1 saturated heterocycles. The Morgan fingerprint density at radius 2 is 1.28 bits per heavy atom. The lowest BCUT2D eigenvalue weighted by molar-refractivity contribution is -0.147. The Bertz CT molecular complexity index is 1970. The van der Waals surface area contributed by atoms with E-state index in [-0.39, 0.29) is 5.28 Å². The third kappa shape index (κ3) is 8.05. The Hall–Kier alpha value is -4.63. The second kappa shape index (κ2) is 15.9. The van der Waals surface area contributed by atoms with Gasteiger partial charge in [0.1, 0.15) is 29.7 Å². The van der Waals surface area contributed by atoms with Crippen molar-refractivity contribution in [2.75, 3.05) is 11.9 Å². The molecule has 0 aliphatic carbocycles. The molecule has 8 heteroatoms. The van der Waals surface area contributed by atoms with E-state index in [1.807, 2.05) is 84.9 Å². The number of nitrogens with zero attached hydrogens (tertiary/aromatic N) is 2. The highest BCUT2D eigenvalue weighted by Gasteiger charge is 2.56. The molecule has 1 aromatic heterocycles. The molecule has 0 saturated carbocycles. The van der Waals surface area contributed by atoms with Crippen LogP contribution in [0.5, 0.6) is 0 Å². The molecule has 1 fully saturated rings. The quantitative estimate of drug-likeness (QED) is 0.115. The zero-order chi connectivity index (χ0) is 34.2. The summed E-state index contributed by atoms with van der Waals surface area (Å²) in [5.74, 6) is 0.669. The van der Waals surface area contributed by atoms with Crippen molar-refractivity contribution in [1.29, 1.82) is 0 Å². The lowest BCUT2D eigenvalue weighted by Gasteiger charge is -2.36. The lowest BCUT2D eigenvalue weighted by Crippen LogP contribution is -2.47. The topological polar surface area (TPSA) is 74.7 Å². The highest BCUT2D eigenvalue weighted by atomic mass is 35.5.